The quantitative estimate of drug-likeness (QED) is 0.702. The second-order valence-electron chi connectivity index (χ2n) is 4.72. The number of hydrogen-bond acceptors (Lipinski definition) is 2. The molecule has 0 aromatic carbocycles. The third-order valence-corrected chi connectivity index (χ3v) is 3.24. The zero-order valence-corrected chi connectivity index (χ0v) is 12.2. The summed E-state index contributed by atoms with van der Waals surface area (Å²) in [5.74, 6) is 0.191. The maximum absolute atomic E-state index is 12.3. The molecule has 1 atom stereocenters. The van der Waals surface area contributed by atoms with Crippen molar-refractivity contribution in [2.75, 3.05) is 0 Å². The monoisotopic (exact) mass is 260 g/mol. The highest BCUT2D eigenvalue weighted by Gasteiger charge is 2.17. The standard InChI is InChI=1S/C16H24N2O/c1-4-6-7-8-16(19)18(14(3)5-2)13-15-9-11-17-12-10-15/h6-7,9-12,14H,4-5,8,13H2,1-3H3/b7-6+/t14-/m0/s1. The summed E-state index contributed by atoms with van der Waals surface area (Å²) in [6.07, 6.45) is 9.97. The predicted molar refractivity (Wildman–Crippen MR) is 78.6 cm³/mol. The van der Waals surface area contributed by atoms with Crippen LogP contribution in [0.5, 0.6) is 0 Å². The zero-order chi connectivity index (χ0) is 14.1. The lowest BCUT2D eigenvalue weighted by molar-refractivity contribution is -0.133. The highest BCUT2D eigenvalue weighted by Crippen LogP contribution is 2.12. The summed E-state index contributed by atoms with van der Waals surface area (Å²) in [4.78, 5) is 18.2. The number of hydrogen-bond donors (Lipinski definition) is 0. The molecule has 1 aromatic rings. The molecule has 0 bridgehead atoms. The first-order valence-electron chi connectivity index (χ1n) is 7.02. The van der Waals surface area contributed by atoms with Gasteiger partial charge in [-0.1, -0.05) is 26.0 Å². The lowest BCUT2D eigenvalue weighted by Crippen LogP contribution is -2.37. The van der Waals surface area contributed by atoms with Crippen molar-refractivity contribution in [2.24, 2.45) is 0 Å². The van der Waals surface area contributed by atoms with Crippen LogP contribution in [0.15, 0.2) is 36.7 Å². The molecule has 0 aliphatic rings. The number of rotatable bonds is 7. The molecule has 0 spiro atoms. The Hall–Kier alpha value is -1.64. The highest BCUT2D eigenvalue weighted by atomic mass is 16.2. The molecule has 1 heterocycles. The van der Waals surface area contributed by atoms with Gasteiger partial charge in [-0.3, -0.25) is 9.78 Å². The highest BCUT2D eigenvalue weighted by molar-refractivity contribution is 5.78. The van der Waals surface area contributed by atoms with Gasteiger partial charge in [0.1, 0.15) is 0 Å². The van der Waals surface area contributed by atoms with Gasteiger partial charge in [-0.15, -0.1) is 0 Å². The number of aromatic nitrogens is 1. The average molecular weight is 260 g/mol. The number of pyridine rings is 1. The fraction of sp³-hybridized carbons (Fsp3) is 0.500. The Morgan fingerprint density at radius 2 is 2.00 bits per heavy atom. The van der Waals surface area contributed by atoms with Gasteiger partial charge in [-0.05, 0) is 37.5 Å². The fourth-order valence-electron chi connectivity index (χ4n) is 1.86. The molecule has 3 heteroatoms. The Morgan fingerprint density at radius 1 is 1.32 bits per heavy atom. The van der Waals surface area contributed by atoms with Crippen LogP contribution in [0, 0.1) is 0 Å². The van der Waals surface area contributed by atoms with Gasteiger partial charge in [-0.2, -0.15) is 0 Å². The minimum absolute atomic E-state index is 0.191. The van der Waals surface area contributed by atoms with E-state index in [0.29, 0.717) is 13.0 Å². The number of carbonyl (C=O) groups is 1. The molecule has 0 aliphatic carbocycles. The summed E-state index contributed by atoms with van der Waals surface area (Å²) in [6.45, 7) is 6.95. The molecule has 0 saturated carbocycles. The van der Waals surface area contributed by atoms with Crippen LogP contribution in [-0.4, -0.2) is 21.8 Å². The molecular formula is C16H24N2O. The number of amides is 1. The van der Waals surface area contributed by atoms with Crippen LogP contribution in [0.4, 0.5) is 0 Å². The maximum atomic E-state index is 12.3. The van der Waals surface area contributed by atoms with E-state index in [1.807, 2.05) is 29.2 Å². The second-order valence-corrected chi connectivity index (χ2v) is 4.72. The van der Waals surface area contributed by atoms with Gasteiger partial charge in [0.15, 0.2) is 0 Å². The maximum Gasteiger partial charge on any atom is 0.226 e. The van der Waals surface area contributed by atoms with Crippen molar-refractivity contribution in [3.8, 4) is 0 Å². The van der Waals surface area contributed by atoms with Crippen molar-refractivity contribution in [2.45, 2.75) is 52.6 Å². The summed E-state index contributed by atoms with van der Waals surface area (Å²) in [5.41, 5.74) is 1.13. The summed E-state index contributed by atoms with van der Waals surface area (Å²) in [5, 5.41) is 0. The van der Waals surface area contributed by atoms with E-state index >= 15 is 0 Å². The summed E-state index contributed by atoms with van der Waals surface area (Å²) < 4.78 is 0. The first kappa shape index (κ1) is 15.4. The Kier molecular flexibility index (Phi) is 6.86. The summed E-state index contributed by atoms with van der Waals surface area (Å²) >= 11 is 0. The van der Waals surface area contributed by atoms with Gasteiger partial charge in [0.25, 0.3) is 0 Å². The third kappa shape index (κ3) is 5.25. The average Bonchev–Trinajstić information content (AvgIpc) is 2.45. The van der Waals surface area contributed by atoms with Gasteiger partial charge in [0.05, 0.1) is 0 Å². The molecule has 0 unspecified atom stereocenters. The van der Waals surface area contributed by atoms with E-state index in [9.17, 15) is 4.79 Å². The minimum Gasteiger partial charge on any atom is -0.335 e. The lowest BCUT2D eigenvalue weighted by Gasteiger charge is -2.28. The van der Waals surface area contributed by atoms with Gasteiger partial charge < -0.3 is 4.90 Å². The van der Waals surface area contributed by atoms with Crippen LogP contribution in [0.3, 0.4) is 0 Å². The van der Waals surface area contributed by atoms with Gasteiger partial charge in [0.2, 0.25) is 5.91 Å². The van der Waals surface area contributed by atoms with E-state index in [2.05, 4.69) is 25.8 Å². The molecule has 1 rings (SSSR count). The molecule has 104 valence electrons. The van der Waals surface area contributed by atoms with E-state index in [-0.39, 0.29) is 11.9 Å². The zero-order valence-electron chi connectivity index (χ0n) is 12.2. The topological polar surface area (TPSA) is 33.2 Å². The van der Waals surface area contributed by atoms with Crippen LogP contribution in [0.25, 0.3) is 0 Å². The Labute approximate surface area is 116 Å². The van der Waals surface area contributed by atoms with Crippen molar-refractivity contribution in [1.29, 1.82) is 0 Å². The van der Waals surface area contributed by atoms with E-state index < -0.39 is 0 Å². The predicted octanol–water partition coefficient (Wildman–Crippen LogP) is 3.57. The van der Waals surface area contributed by atoms with Crippen LogP contribution < -0.4 is 0 Å². The molecule has 0 saturated heterocycles. The molecular weight excluding hydrogens is 236 g/mol. The first-order chi connectivity index (χ1) is 9.19. The largest absolute Gasteiger partial charge is 0.335 e. The van der Waals surface area contributed by atoms with Crippen LogP contribution in [-0.2, 0) is 11.3 Å². The lowest BCUT2D eigenvalue weighted by atomic mass is 10.1. The van der Waals surface area contributed by atoms with Crippen LogP contribution in [0.1, 0.15) is 45.6 Å². The van der Waals surface area contributed by atoms with Gasteiger partial charge in [0, 0.05) is 31.4 Å². The van der Waals surface area contributed by atoms with Crippen molar-refractivity contribution >= 4 is 5.91 Å². The van der Waals surface area contributed by atoms with E-state index in [1.165, 1.54) is 0 Å². The van der Waals surface area contributed by atoms with E-state index in [0.717, 1.165) is 18.4 Å². The molecule has 1 aromatic heterocycles. The fourth-order valence-corrected chi connectivity index (χ4v) is 1.86. The third-order valence-electron chi connectivity index (χ3n) is 3.24. The van der Waals surface area contributed by atoms with Crippen molar-refractivity contribution in [3.05, 3.63) is 42.2 Å². The first-order valence-corrected chi connectivity index (χ1v) is 7.02. The summed E-state index contributed by atoms with van der Waals surface area (Å²) in [6, 6.07) is 4.19. The molecule has 0 radical (unpaired) electrons. The number of carbonyl (C=O) groups excluding carboxylic acids is 1. The van der Waals surface area contributed by atoms with Crippen LogP contribution in [0.2, 0.25) is 0 Å². The SMILES string of the molecule is CC/C=C/CC(=O)N(Cc1ccncc1)[C@@H](C)CC. The summed E-state index contributed by atoms with van der Waals surface area (Å²) in [7, 11) is 0. The number of allylic oxidation sites excluding steroid dienone is 1. The normalized spacial score (nSPS) is 12.6. The number of nitrogens with zero attached hydrogens (tertiary/aromatic N) is 2. The molecule has 1 amide bonds. The minimum atomic E-state index is 0.191. The van der Waals surface area contributed by atoms with Crippen molar-refractivity contribution < 1.29 is 4.79 Å². The molecule has 19 heavy (non-hydrogen) atoms. The van der Waals surface area contributed by atoms with E-state index in [1.54, 1.807) is 12.4 Å². The van der Waals surface area contributed by atoms with Crippen LogP contribution >= 0.6 is 0 Å². The Bertz CT molecular complexity index is 400. The van der Waals surface area contributed by atoms with Gasteiger partial charge in [-0.25, -0.2) is 0 Å². The Morgan fingerprint density at radius 3 is 2.58 bits per heavy atom. The molecule has 0 N–H and O–H groups in total. The molecule has 0 aliphatic heterocycles. The van der Waals surface area contributed by atoms with Crippen molar-refractivity contribution in [3.63, 3.8) is 0 Å². The molecule has 0 fully saturated rings. The van der Waals surface area contributed by atoms with Gasteiger partial charge >= 0.3 is 0 Å². The smallest absolute Gasteiger partial charge is 0.226 e. The second kappa shape index (κ2) is 8.46. The molecule has 3 nitrogen and oxygen atoms in total. The van der Waals surface area contributed by atoms with Crippen molar-refractivity contribution in [1.82, 2.24) is 9.88 Å². The van der Waals surface area contributed by atoms with E-state index in [4.69, 9.17) is 0 Å². The Balaban J connectivity index is 2.72.